The molecule has 0 atom stereocenters. The Hall–Kier alpha value is -1.35. The van der Waals surface area contributed by atoms with Crippen LogP contribution in [0.15, 0.2) is 24.3 Å². The minimum absolute atomic E-state index is 0.738. The lowest BCUT2D eigenvalue weighted by Gasteiger charge is -2.23. The zero-order valence-corrected chi connectivity index (χ0v) is 10.9. The van der Waals surface area contributed by atoms with Crippen LogP contribution in [0.4, 0.5) is 0 Å². The van der Waals surface area contributed by atoms with Gasteiger partial charge < -0.3 is 9.30 Å². The van der Waals surface area contributed by atoms with E-state index in [1.807, 2.05) is 0 Å². The summed E-state index contributed by atoms with van der Waals surface area (Å²) in [6.45, 7) is 5.10. The van der Waals surface area contributed by atoms with Crippen molar-refractivity contribution in [2.24, 2.45) is 5.92 Å². The summed E-state index contributed by atoms with van der Waals surface area (Å²) in [7, 11) is 0. The maximum absolute atomic E-state index is 5.44. The molecule has 3 nitrogen and oxygen atoms in total. The van der Waals surface area contributed by atoms with Crippen molar-refractivity contribution in [2.75, 3.05) is 13.2 Å². The Kier molecular flexibility index (Phi) is 3.33. The number of benzene rings is 1. The van der Waals surface area contributed by atoms with Crippen molar-refractivity contribution in [3.05, 3.63) is 30.1 Å². The number of hydrogen-bond acceptors (Lipinski definition) is 2. The smallest absolute Gasteiger partial charge is 0.109 e. The first-order valence-electron chi connectivity index (χ1n) is 6.90. The second-order valence-electron chi connectivity index (χ2n) is 5.04. The van der Waals surface area contributed by atoms with Crippen LogP contribution in [0.3, 0.4) is 0 Å². The van der Waals surface area contributed by atoms with Gasteiger partial charge in [0.05, 0.1) is 11.0 Å². The number of hydrogen-bond donors (Lipinski definition) is 0. The summed E-state index contributed by atoms with van der Waals surface area (Å²) in [5, 5.41) is 0. The lowest BCUT2D eigenvalue weighted by Crippen LogP contribution is -2.21. The highest BCUT2D eigenvalue weighted by atomic mass is 16.5. The second kappa shape index (κ2) is 5.11. The first-order chi connectivity index (χ1) is 8.88. The van der Waals surface area contributed by atoms with Crippen molar-refractivity contribution >= 4 is 11.0 Å². The first-order valence-corrected chi connectivity index (χ1v) is 6.90. The molecule has 2 aromatic rings. The Morgan fingerprint density at radius 3 is 2.83 bits per heavy atom. The van der Waals surface area contributed by atoms with E-state index in [0.29, 0.717) is 0 Å². The van der Waals surface area contributed by atoms with E-state index in [9.17, 15) is 0 Å². The third kappa shape index (κ3) is 2.15. The van der Waals surface area contributed by atoms with Crippen LogP contribution in [-0.4, -0.2) is 22.8 Å². The van der Waals surface area contributed by atoms with Crippen LogP contribution in [0.5, 0.6) is 0 Å². The number of nitrogens with zero attached hydrogens (tertiary/aromatic N) is 2. The third-order valence-electron chi connectivity index (χ3n) is 3.83. The van der Waals surface area contributed by atoms with Crippen LogP contribution in [0, 0.1) is 5.92 Å². The summed E-state index contributed by atoms with van der Waals surface area (Å²) >= 11 is 0. The van der Waals surface area contributed by atoms with Crippen molar-refractivity contribution in [3.8, 4) is 0 Å². The van der Waals surface area contributed by atoms with Crippen molar-refractivity contribution in [2.45, 2.75) is 32.7 Å². The van der Waals surface area contributed by atoms with Gasteiger partial charge in [-0.3, -0.25) is 0 Å². The van der Waals surface area contributed by atoms with Gasteiger partial charge in [0, 0.05) is 26.2 Å². The molecular weight excluding hydrogens is 224 g/mol. The molecule has 1 saturated heterocycles. The molecule has 1 aromatic carbocycles. The fourth-order valence-electron chi connectivity index (χ4n) is 2.79. The molecule has 0 aliphatic carbocycles. The maximum atomic E-state index is 5.44. The molecule has 0 spiro atoms. The van der Waals surface area contributed by atoms with Crippen molar-refractivity contribution in [1.82, 2.24) is 9.55 Å². The van der Waals surface area contributed by atoms with E-state index in [2.05, 4.69) is 35.8 Å². The minimum Gasteiger partial charge on any atom is -0.381 e. The molecule has 1 aliphatic rings. The molecule has 0 bridgehead atoms. The van der Waals surface area contributed by atoms with Gasteiger partial charge in [0.1, 0.15) is 5.82 Å². The number of fused-ring (bicyclic) bond motifs is 1. The van der Waals surface area contributed by atoms with E-state index in [0.717, 1.165) is 37.6 Å². The molecule has 0 N–H and O–H groups in total. The summed E-state index contributed by atoms with van der Waals surface area (Å²) in [5.74, 6) is 1.95. The molecule has 1 aromatic heterocycles. The molecule has 96 valence electrons. The van der Waals surface area contributed by atoms with Crippen LogP contribution < -0.4 is 0 Å². The zero-order valence-electron chi connectivity index (χ0n) is 10.9. The van der Waals surface area contributed by atoms with Gasteiger partial charge >= 0.3 is 0 Å². The van der Waals surface area contributed by atoms with Crippen LogP contribution in [0.2, 0.25) is 0 Å². The monoisotopic (exact) mass is 244 g/mol. The SMILES string of the molecule is CCc1nc2ccccc2n1CC1CCOCC1. The average Bonchev–Trinajstić information content (AvgIpc) is 2.78. The van der Waals surface area contributed by atoms with Gasteiger partial charge in [0.2, 0.25) is 0 Å². The summed E-state index contributed by atoms with van der Waals surface area (Å²) < 4.78 is 7.85. The molecule has 2 heterocycles. The average molecular weight is 244 g/mol. The van der Waals surface area contributed by atoms with Gasteiger partial charge in [-0.25, -0.2) is 4.98 Å². The number of ether oxygens (including phenoxy) is 1. The first kappa shape index (κ1) is 11.7. The molecular formula is C15H20N2O. The quantitative estimate of drug-likeness (QED) is 0.830. The molecule has 18 heavy (non-hydrogen) atoms. The number of para-hydroxylation sites is 2. The lowest BCUT2D eigenvalue weighted by atomic mass is 10.0. The van der Waals surface area contributed by atoms with Gasteiger partial charge in [-0.15, -0.1) is 0 Å². The predicted molar refractivity (Wildman–Crippen MR) is 72.7 cm³/mol. The summed E-state index contributed by atoms with van der Waals surface area (Å²) in [4.78, 5) is 4.73. The Balaban J connectivity index is 1.93. The van der Waals surface area contributed by atoms with Crippen molar-refractivity contribution < 1.29 is 4.74 Å². The van der Waals surface area contributed by atoms with E-state index in [1.54, 1.807) is 0 Å². The molecule has 1 aliphatic heterocycles. The highest BCUT2D eigenvalue weighted by Crippen LogP contribution is 2.22. The van der Waals surface area contributed by atoms with Gasteiger partial charge in [-0.05, 0) is 30.9 Å². The molecule has 3 rings (SSSR count). The topological polar surface area (TPSA) is 27.1 Å². The fourth-order valence-corrected chi connectivity index (χ4v) is 2.79. The Bertz CT molecular complexity index is 526. The van der Waals surface area contributed by atoms with Crippen molar-refractivity contribution in [3.63, 3.8) is 0 Å². The number of aryl methyl sites for hydroxylation is 1. The highest BCUT2D eigenvalue weighted by Gasteiger charge is 2.17. The zero-order chi connectivity index (χ0) is 12.4. The molecule has 0 amide bonds. The van der Waals surface area contributed by atoms with Crippen LogP contribution >= 0.6 is 0 Å². The van der Waals surface area contributed by atoms with Gasteiger partial charge in [0.15, 0.2) is 0 Å². The lowest BCUT2D eigenvalue weighted by molar-refractivity contribution is 0.0613. The standard InChI is InChI=1S/C15H20N2O/c1-2-15-16-13-5-3-4-6-14(13)17(15)11-12-7-9-18-10-8-12/h3-6,12H,2,7-11H2,1H3. The molecule has 1 fully saturated rings. The number of aromatic nitrogens is 2. The van der Waals surface area contributed by atoms with E-state index >= 15 is 0 Å². The second-order valence-corrected chi connectivity index (χ2v) is 5.04. The van der Waals surface area contributed by atoms with E-state index in [1.165, 1.54) is 24.2 Å². The van der Waals surface area contributed by atoms with E-state index < -0.39 is 0 Å². The number of imidazole rings is 1. The molecule has 0 unspecified atom stereocenters. The van der Waals surface area contributed by atoms with Gasteiger partial charge in [-0.2, -0.15) is 0 Å². The van der Waals surface area contributed by atoms with E-state index in [4.69, 9.17) is 9.72 Å². The summed E-state index contributed by atoms with van der Waals surface area (Å²) in [5.41, 5.74) is 2.40. The van der Waals surface area contributed by atoms with Gasteiger partial charge in [0.25, 0.3) is 0 Å². The summed E-state index contributed by atoms with van der Waals surface area (Å²) in [6, 6.07) is 8.45. The van der Waals surface area contributed by atoms with Crippen LogP contribution in [-0.2, 0) is 17.7 Å². The largest absolute Gasteiger partial charge is 0.381 e. The molecule has 3 heteroatoms. The maximum Gasteiger partial charge on any atom is 0.109 e. The Morgan fingerprint density at radius 2 is 2.06 bits per heavy atom. The normalized spacial score (nSPS) is 17.4. The molecule has 0 saturated carbocycles. The van der Waals surface area contributed by atoms with Crippen LogP contribution in [0.25, 0.3) is 11.0 Å². The number of rotatable bonds is 3. The summed E-state index contributed by atoms with van der Waals surface area (Å²) in [6.07, 6.45) is 3.35. The Morgan fingerprint density at radius 1 is 1.28 bits per heavy atom. The predicted octanol–water partition coefficient (Wildman–Crippen LogP) is 3.03. The van der Waals surface area contributed by atoms with E-state index in [-0.39, 0.29) is 0 Å². The third-order valence-corrected chi connectivity index (χ3v) is 3.83. The van der Waals surface area contributed by atoms with Crippen LogP contribution in [0.1, 0.15) is 25.6 Å². The van der Waals surface area contributed by atoms with Crippen molar-refractivity contribution in [1.29, 1.82) is 0 Å². The fraction of sp³-hybridized carbons (Fsp3) is 0.533. The minimum atomic E-state index is 0.738. The van der Waals surface area contributed by atoms with Gasteiger partial charge in [-0.1, -0.05) is 19.1 Å². The Labute approximate surface area is 108 Å². The highest BCUT2D eigenvalue weighted by molar-refractivity contribution is 5.75. The molecule has 0 radical (unpaired) electrons.